The highest BCUT2D eigenvalue weighted by Gasteiger charge is 2.45. The van der Waals surface area contributed by atoms with Gasteiger partial charge in [0.25, 0.3) is 0 Å². The third-order valence-corrected chi connectivity index (χ3v) is 3.82. The lowest BCUT2D eigenvalue weighted by Gasteiger charge is -2.23. The van der Waals surface area contributed by atoms with Gasteiger partial charge in [0.15, 0.2) is 0 Å². The van der Waals surface area contributed by atoms with Crippen molar-refractivity contribution in [3.63, 3.8) is 0 Å². The van der Waals surface area contributed by atoms with Crippen LogP contribution in [0, 0.1) is 0 Å². The summed E-state index contributed by atoms with van der Waals surface area (Å²) in [6.07, 6.45) is 5.43. The van der Waals surface area contributed by atoms with E-state index in [9.17, 15) is 18.4 Å². The van der Waals surface area contributed by atoms with Crippen LogP contribution in [0.3, 0.4) is 0 Å². The highest BCUT2D eigenvalue weighted by atomic mass is 19.3. The minimum absolute atomic E-state index is 0.108. The number of halogens is 2. The molecule has 0 aromatic heterocycles. The van der Waals surface area contributed by atoms with Crippen LogP contribution in [-0.4, -0.2) is 24.5 Å². The number of rotatable bonds is 6. The normalized spacial score (nSPS) is 16.0. The molecule has 0 unspecified atom stereocenters. The Morgan fingerprint density at radius 1 is 1.13 bits per heavy atom. The quantitative estimate of drug-likeness (QED) is 0.592. The molecule has 0 radical (unpaired) electrons. The lowest BCUT2D eigenvalue weighted by Crippen LogP contribution is -2.34. The Bertz CT molecular complexity index is 548. The van der Waals surface area contributed by atoms with E-state index in [2.05, 4.69) is 4.74 Å². The van der Waals surface area contributed by atoms with Crippen LogP contribution in [0.5, 0.6) is 5.75 Å². The Balaban J connectivity index is 2.05. The first-order valence-corrected chi connectivity index (χ1v) is 7.81. The molecule has 1 aromatic carbocycles. The van der Waals surface area contributed by atoms with Crippen molar-refractivity contribution >= 4 is 11.8 Å². The molecule has 1 aliphatic carbocycles. The summed E-state index contributed by atoms with van der Waals surface area (Å²) in [5, 5.41) is 0. The van der Waals surface area contributed by atoms with Crippen LogP contribution < -0.4 is 4.74 Å². The van der Waals surface area contributed by atoms with Gasteiger partial charge in [0.1, 0.15) is 5.75 Å². The van der Waals surface area contributed by atoms with Crippen molar-refractivity contribution in [2.75, 3.05) is 6.61 Å². The summed E-state index contributed by atoms with van der Waals surface area (Å²) in [5.74, 6) is -6.81. The van der Waals surface area contributed by atoms with E-state index in [1.807, 2.05) is 0 Å². The lowest BCUT2D eigenvalue weighted by atomic mass is 9.98. The molecule has 0 saturated heterocycles. The Hall–Kier alpha value is -1.98. The second kappa shape index (κ2) is 7.53. The second-order valence-electron chi connectivity index (χ2n) is 5.53. The summed E-state index contributed by atoms with van der Waals surface area (Å²) in [5.41, 5.74) is -0.549. The molecule has 0 bridgehead atoms. The van der Waals surface area contributed by atoms with Gasteiger partial charge in [-0.15, -0.1) is 0 Å². The molecule has 0 atom stereocenters. The molecule has 0 amide bonds. The van der Waals surface area contributed by atoms with Gasteiger partial charge in [0.2, 0.25) is 0 Å². The molecule has 2 rings (SSSR count). The van der Waals surface area contributed by atoms with E-state index in [0.717, 1.165) is 37.8 Å². The number of hydrogen-bond donors (Lipinski definition) is 0. The number of carbonyl (C=O) groups is 2. The molecule has 1 aromatic rings. The fraction of sp³-hybridized carbons (Fsp3) is 0.529. The number of esters is 1. The summed E-state index contributed by atoms with van der Waals surface area (Å²) in [4.78, 5) is 22.7. The van der Waals surface area contributed by atoms with Crippen molar-refractivity contribution in [3.8, 4) is 5.75 Å². The number of alkyl halides is 2. The average Bonchev–Trinajstić information content (AvgIpc) is 2.56. The maximum atomic E-state index is 14.0. The third kappa shape index (κ3) is 4.27. The zero-order chi connectivity index (χ0) is 16.9. The average molecular weight is 326 g/mol. The summed E-state index contributed by atoms with van der Waals surface area (Å²) >= 11 is 0. The molecule has 0 N–H and O–H groups in total. The van der Waals surface area contributed by atoms with E-state index in [1.54, 1.807) is 0 Å². The molecule has 1 fully saturated rings. The van der Waals surface area contributed by atoms with Crippen molar-refractivity contribution < 1.29 is 27.8 Å². The van der Waals surface area contributed by atoms with E-state index >= 15 is 0 Å². The number of carbonyl (C=O) groups excluding carboxylic acids is 2. The monoisotopic (exact) mass is 326 g/mol. The van der Waals surface area contributed by atoms with Crippen LogP contribution in [-0.2, 0) is 20.2 Å². The molecule has 4 nitrogen and oxygen atoms in total. The highest BCUT2D eigenvalue weighted by molar-refractivity contribution is 6.36. The molecule has 1 aliphatic rings. The number of benzene rings is 1. The zero-order valence-corrected chi connectivity index (χ0v) is 13.0. The minimum atomic E-state index is -3.91. The lowest BCUT2D eigenvalue weighted by molar-refractivity contribution is -0.166. The first-order valence-electron chi connectivity index (χ1n) is 7.81. The van der Waals surface area contributed by atoms with Crippen LogP contribution >= 0.6 is 0 Å². The van der Waals surface area contributed by atoms with Gasteiger partial charge >= 0.3 is 17.7 Å². The van der Waals surface area contributed by atoms with Crippen molar-refractivity contribution in [3.05, 3.63) is 29.8 Å². The van der Waals surface area contributed by atoms with Gasteiger partial charge in [0, 0.05) is 5.56 Å². The minimum Gasteiger partial charge on any atom is -0.490 e. The Morgan fingerprint density at radius 2 is 1.74 bits per heavy atom. The van der Waals surface area contributed by atoms with Crippen molar-refractivity contribution in [1.29, 1.82) is 0 Å². The van der Waals surface area contributed by atoms with Gasteiger partial charge in [0.05, 0.1) is 12.7 Å². The second-order valence-corrected chi connectivity index (χ2v) is 5.53. The van der Waals surface area contributed by atoms with Crippen LogP contribution in [0.25, 0.3) is 0 Å². The number of Topliss-reactive ketones (excluding diaryl/α,β-unsaturated/α-hetero) is 1. The van der Waals surface area contributed by atoms with Gasteiger partial charge in [-0.3, -0.25) is 4.79 Å². The number of ether oxygens (including phenoxy) is 2. The zero-order valence-electron chi connectivity index (χ0n) is 13.0. The van der Waals surface area contributed by atoms with Crippen LogP contribution in [0.15, 0.2) is 24.3 Å². The largest absolute Gasteiger partial charge is 0.490 e. The molecular formula is C17H20F2O4. The standard InChI is InChI=1S/C17H20F2O4/c1-2-22-16(21)15(20)17(18,19)12-8-10-14(11-9-12)23-13-6-4-3-5-7-13/h8-11,13H,2-7H2,1H3. The molecule has 23 heavy (non-hydrogen) atoms. The van der Waals surface area contributed by atoms with Gasteiger partial charge in [-0.1, -0.05) is 6.42 Å². The van der Waals surface area contributed by atoms with Gasteiger partial charge < -0.3 is 9.47 Å². The van der Waals surface area contributed by atoms with Gasteiger partial charge in [-0.2, -0.15) is 8.78 Å². The Morgan fingerprint density at radius 3 is 2.30 bits per heavy atom. The summed E-state index contributed by atoms with van der Waals surface area (Å²) < 4.78 is 38.1. The number of ketones is 1. The van der Waals surface area contributed by atoms with E-state index < -0.39 is 23.2 Å². The predicted octanol–water partition coefficient (Wildman–Crippen LogP) is 3.62. The molecule has 1 saturated carbocycles. The summed E-state index contributed by atoms with van der Waals surface area (Å²) in [7, 11) is 0. The maximum Gasteiger partial charge on any atom is 0.381 e. The molecule has 0 heterocycles. The first-order chi connectivity index (χ1) is 10.9. The van der Waals surface area contributed by atoms with Crippen LogP contribution in [0.1, 0.15) is 44.6 Å². The molecule has 6 heteroatoms. The summed E-state index contributed by atoms with van der Waals surface area (Å²) in [6.45, 7) is 1.32. The molecule has 126 valence electrons. The van der Waals surface area contributed by atoms with Crippen LogP contribution in [0.4, 0.5) is 8.78 Å². The molecular weight excluding hydrogens is 306 g/mol. The van der Waals surface area contributed by atoms with Crippen molar-refractivity contribution in [2.24, 2.45) is 0 Å². The predicted molar refractivity (Wildman–Crippen MR) is 79.5 cm³/mol. The van der Waals surface area contributed by atoms with Gasteiger partial charge in [-0.05, 0) is 56.9 Å². The Labute approximate surface area is 133 Å². The molecule has 0 spiro atoms. The third-order valence-electron chi connectivity index (χ3n) is 3.82. The molecule has 0 aliphatic heterocycles. The fourth-order valence-corrected chi connectivity index (χ4v) is 2.57. The van der Waals surface area contributed by atoms with E-state index in [-0.39, 0.29) is 12.7 Å². The van der Waals surface area contributed by atoms with Gasteiger partial charge in [-0.25, -0.2) is 4.79 Å². The van der Waals surface area contributed by atoms with E-state index in [1.165, 1.54) is 25.5 Å². The smallest absolute Gasteiger partial charge is 0.381 e. The topological polar surface area (TPSA) is 52.6 Å². The van der Waals surface area contributed by atoms with Crippen molar-refractivity contribution in [1.82, 2.24) is 0 Å². The first kappa shape index (κ1) is 17.4. The van der Waals surface area contributed by atoms with Crippen LogP contribution in [0.2, 0.25) is 0 Å². The fourth-order valence-electron chi connectivity index (χ4n) is 2.57. The number of hydrogen-bond acceptors (Lipinski definition) is 4. The SMILES string of the molecule is CCOC(=O)C(=O)C(F)(F)c1ccc(OC2CCCCC2)cc1. The van der Waals surface area contributed by atoms with E-state index in [4.69, 9.17) is 4.74 Å². The highest BCUT2D eigenvalue weighted by Crippen LogP contribution is 2.31. The summed E-state index contributed by atoms with van der Waals surface area (Å²) in [6, 6.07) is 5.01. The Kier molecular flexibility index (Phi) is 5.69. The van der Waals surface area contributed by atoms with E-state index in [0.29, 0.717) is 5.75 Å². The maximum absolute atomic E-state index is 14.0. The van der Waals surface area contributed by atoms with Crippen molar-refractivity contribution in [2.45, 2.75) is 51.1 Å².